The van der Waals surface area contributed by atoms with Crippen molar-refractivity contribution in [3.63, 3.8) is 0 Å². The molecule has 1 N–H and O–H groups in total. The van der Waals surface area contributed by atoms with Gasteiger partial charge in [0.2, 0.25) is 5.91 Å². The molecule has 3 nitrogen and oxygen atoms in total. The summed E-state index contributed by atoms with van der Waals surface area (Å²) in [7, 11) is 0. The number of rotatable bonds is 3. The zero-order valence-corrected chi connectivity index (χ0v) is 12.5. The van der Waals surface area contributed by atoms with Crippen molar-refractivity contribution in [1.82, 2.24) is 10.2 Å². The van der Waals surface area contributed by atoms with Gasteiger partial charge in [-0.2, -0.15) is 0 Å². The predicted octanol–water partition coefficient (Wildman–Crippen LogP) is 2.36. The van der Waals surface area contributed by atoms with Gasteiger partial charge in [0, 0.05) is 31.1 Å². The molecular weight excluding hydrogens is 267 g/mol. The highest BCUT2D eigenvalue weighted by Crippen LogP contribution is 2.22. The number of likely N-dealkylation sites (tertiary alicyclic amines) is 1. The molecule has 0 aliphatic carbocycles. The number of amides is 1. The van der Waals surface area contributed by atoms with Crippen LogP contribution in [-0.2, 0) is 11.2 Å². The van der Waals surface area contributed by atoms with Crippen LogP contribution in [-0.4, -0.2) is 36.0 Å². The first-order valence-corrected chi connectivity index (χ1v) is 7.91. The van der Waals surface area contributed by atoms with E-state index in [-0.39, 0.29) is 17.6 Å². The molecule has 2 fully saturated rings. The van der Waals surface area contributed by atoms with Crippen LogP contribution in [0, 0.1) is 11.7 Å². The number of carbonyl (C=O) groups is 1. The zero-order chi connectivity index (χ0) is 14.8. The normalized spacial score (nSPS) is 26.5. The molecule has 0 radical (unpaired) electrons. The molecule has 2 bridgehead atoms. The predicted molar refractivity (Wildman–Crippen MR) is 80.4 cm³/mol. The zero-order valence-electron chi connectivity index (χ0n) is 12.5. The van der Waals surface area contributed by atoms with Gasteiger partial charge >= 0.3 is 0 Å². The Bertz CT molecular complexity index is 519. The summed E-state index contributed by atoms with van der Waals surface area (Å²) < 4.78 is 13.7. The number of hydrogen-bond donors (Lipinski definition) is 1. The van der Waals surface area contributed by atoms with Crippen molar-refractivity contribution < 1.29 is 9.18 Å². The van der Waals surface area contributed by atoms with Crippen LogP contribution >= 0.6 is 0 Å². The van der Waals surface area contributed by atoms with Gasteiger partial charge < -0.3 is 10.2 Å². The second-order valence-electron chi connectivity index (χ2n) is 6.41. The molecule has 1 aromatic carbocycles. The van der Waals surface area contributed by atoms with Crippen molar-refractivity contribution in [2.75, 3.05) is 13.1 Å². The van der Waals surface area contributed by atoms with Crippen molar-refractivity contribution in [2.24, 2.45) is 5.92 Å². The van der Waals surface area contributed by atoms with Gasteiger partial charge in [0.05, 0.1) is 0 Å². The minimum Gasteiger partial charge on any atom is -0.341 e. The van der Waals surface area contributed by atoms with Gasteiger partial charge in [-0.05, 0) is 37.3 Å². The van der Waals surface area contributed by atoms with Gasteiger partial charge in [-0.15, -0.1) is 0 Å². The van der Waals surface area contributed by atoms with Crippen molar-refractivity contribution in [3.05, 3.63) is 35.6 Å². The minimum atomic E-state index is -0.214. The molecule has 114 valence electrons. The second kappa shape index (κ2) is 6.14. The topological polar surface area (TPSA) is 32.3 Å². The first-order chi connectivity index (χ1) is 10.1. The third-order valence-corrected chi connectivity index (χ3v) is 4.74. The number of halogens is 1. The number of hydrogen-bond acceptors (Lipinski definition) is 2. The van der Waals surface area contributed by atoms with E-state index in [1.165, 1.54) is 12.5 Å². The van der Waals surface area contributed by atoms with Crippen molar-refractivity contribution >= 4 is 5.91 Å². The van der Waals surface area contributed by atoms with E-state index in [4.69, 9.17) is 0 Å². The molecule has 0 spiro atoms. The molecule has 0 saturated carbocycles. The number of nitrogens with zero attached hydrogens (tertiary/aromatic N) is 1. The van der Waals surface area contributed by atoms with E-state index in [2.05, 4.69) is 5.32 Å². The van der Waals surface area contributed by atoms with Crippen LogP contribution in [0.5, 0.6) is 0 Å². The molecule has 0 aromatic heterocycles. The Morgan fingerprint density at radius 2 is 2.10 bits per heavy atom. The smallest absolute Gasteiger partial charge is 0.225 e. The summed E-state index contributed by atoms with van der Waals surface area (Å²) in [6, 6.07) is 7.76. The van der Waals surface area contributed by atoms with E-state index < -0.39 is 0 Å². The van der Waals surface area contributed by atoms with Gasteiger partial charge in [0.15, 0.2) is 0 Å². The highest BCUT2D eigenvalue weighted by Gasteiger charge is 2.32. The maximum absolute atomic E-state index is 13.7. The van der Waals surface area contributed by atoms with Crippen molar-refractivity contribution in [1.29, 1.82) is 0 Å². The van der Waals surface area contributed by atoms with Gasteiger partial charge in [-0.3, -0.25) is 4.79 Å². The molecule has 2 heterocycles. The van der Waals surface area contributed by atoms with Gasteiger partial charge in [0.25, 0.3) is 0 Å². The molecule has 4 heteroatoms. The number of fused-ring (bicyclic) bond motifs is 2. The maximum Gasteiger partial charge on any atom is 0.225 e. The minimum absolute atomic E-state index is 0.160. The van der Waals surface area contributed by atoms with Crippen molar-refractivity contribution in [3.8, 4) is 0 Å². The SMILES string of the molecule is CC(Cc1ccccc1F)C(=O)N1CCC2CCC(C1)N2. The number of carbonyl (C=O) groups excluding carboxylic acids is 1. The quantitative estimate of drug-likeness (QED) is 0.927. The standard InChI is InChI=1S/C17H23FN2O/c1-12(10-13-4-2-3-5-16(13)18)17(21)20-9-8-14-6-7-15(11-20)19-14/h2-5,12,14-15,19H,6-11H2,1H3. The summed E-state index contributed by atoms with van der Waals surface area (Å²) in [5, 5.41) is 3.58. The Labute approximate surface area is 125 Å². The van der Waals surface area contributed by atoms with Gasteiger partial charge in [0.1, 0.15) is 5.82 Å². The third-order valence-electron chi connectivity index (χ3n) is 4.74. The summed E-state index contributed by atoms with van der Waals surface area (Å²) >= 11 is 0. The van der Waals surface area contributed by atoms with Gasteiger partial charge in [-0.25, -0.2) is 4.39 Å². The number of nitrogens with one attached hydrogen (secondary N) is 1. The summed E-state index contributed by atoms with van der Waals surface area (Å²) in [6.45, 7) is 3.54. The Morgan fingerprint density at radius 3 is 2.90 bits per heavy atom. The third kappa shape index (κ3) is 3.26. The highest BCUT2D eigenvalue weighted by molar-refractivity contribution is 5.79. The monoisotopic (exact) mass is 290 g/mol. The average Bonchev–Trinajstić information content (AvgIpc) is 2.80. The summed E-state index contributed by atoms with van der Waals surface area (Å²) in [6.07, 6.45) is 3.91. The fourth-order valence-electron chi connectivity index (χ4n) is 3.54. The van der Waals surface area contributed by atoms with E-state index in [9.17, 15) is 9.18 Å². The molecular formula is C17H23FN2O. The van der Waals surface area contributed by atoms with Crippen LogP contribution in [0.2, 0.25) is 0 Å². The first kappa shape index (κ1) is 14.5. The second-order valence-corrected chi connectivity index (χ2v) is 6.41. The van der Waals surface area contributed by atoms with E-state index in [1.807, 2.05) is 17.9 Å². The van der Waals surface area contributed by atoms with E-state index >= 15 is 0 Å². The highest BCUT2D eigenvalue weighted by atomic mass is 19.1. The van der Waals surface area contributed by atoms with Crippen LogP contribution in [0.1, 0.15) is 31.7 Å². The lowest BCUT2D eigenvalue weighted by atomic mass is 9.98. The van der Waals surface area contributed by atoms with Crippen LogP contribution < -0.4 is 5.32 Å². The Balaban J connectivity index is 1.63. The number of benzene rings is 1. The Hall–Kier alpha value is -1.42. The fourth-order valence-corrected chi connectivity index (χ4v) is 3.54. The summed E-state index contributed by atoms with van der Waals surface area (Å²) in [5.74, 6) is -0.222. The van der Waals surface area contributed by atoms with Crippen LogP contribution in [0.15, 0.2) is 24.3 Å². The lowest BCUT2D eigenvalue weighted by Gasteiger charge is -2.27. The molecule has 2 saturated heterocycles. The molecule has 2 aliphatic heterocycles. The first-order valence-electron chi connectivity index (χ1n) is 7.91. The van der Waals surface area contributed by atoms with Crippen molar-refractivity contribution in [2.45, 2.75) is 44.7 Å². The summed E-state index contributed by atoms with van der Waals surface area (Å²) in [4.78, 5) is 14.6. The molecule has 3 unspecified atom stereocenters. The van der Waals surface area contributed by atoms with E-state index in [1.54, 1.807) is 12.1 Å². The fraction of sp³-hybridized carbons (Fsp3) is 0.588. The molecule has 1 amide bonds. The van der Waals surface area contributed by atoms with Crippen LogP contribution in [0.4, 0.5) is 4.39 Å². The Morgan fingerprint density at radius 1 is 1.33 bits per heavy atom. The summed E-state index contributed by atoms with van der Waals surface area (Å²) in [5.41, 5.74) is 0.632. The molecule has 3 rings (SSSR count). The van der Waals surface area contributed by atoms with E-state index in [0.717, 1.165) is 25.9 Å². The molecule has 21 heavy (non-hydrogen) atoms. The lowest BCUT2D eigenvalue weighted by Crippen LogP contribution is -2.41. The van der Waals surface area contributed by atoms with Crippen LogP contribution in [0.25, 0.3) is 0 Å². The molecule has 2 aliphatic rings. The largest absolute Gasteiger partial charge is 0.341 e. The van der Waals surface area contributed by atoms with Gasteiger partial charge in [-0.1, -0.05) is 25.1 Å². The average molecular weight is 290 g/mol. The molecule has 1 aromatic rings. The van der Waals surface area contributed by atoms with E-state index in [0.29, 0.717) is 24.1 Å². The lowest BCUT2D eigenvalue weighted by molar-refractivity contribution is -0.135. The van der Waals surface area contributed by atoms with Crippen LogP contribution in [0.3, 0.4) is 0 Å². The Kier molecular flexibility index (Phi) is 4.24. The maximum atomic E-state index is 13.7. The molecule has 3 atom stereocenters.